The first-order valence-corrected chi connectivity index (χ1v) is 7.63. The van der Waals surface area contributed by atoms with E-state index in [4.69, 9.17) is 4.42 Å². The van der Waals surface area contributed by atoms with Crippen LogP contribution in [0.4, 0.5) is 4.39 Å². The molecule has 0 bridgehead atoms. The number of carbonyl (C=O) groups is 2. The number of methoxy groups -OCH3 is 1. The van der Waals surface area contributed by atoms with Crippen LogP contribution in [0.1, 0.15) is 53.9 Å². The molecule has 1 atom stereocenters. The summed E-state index contributed by atoms with van der Waals surface area (Å²) in [5.41, 5.74) is 1.39. The van der Waals surface area contributed by atoms with Crippen molar-refractivity contribution in [1.29, 1.82) is 0 Å². The van der Waals surface area contributed by atoms with Crippen LogP contribution >= 0.6 is 0 Å². The minimum atomic E-state index is -0.643. The fourth-order valence-electron chi connectivity index (χ4n) is 2.38. The lowest BCUT2D eigenvalue weighted by Gasteiger charge is -2.18. The second-order valence-corrected chi connectivity index (χ2v) is 5.72. The van der Waals surface area contributed by atoms with Crippen molar-refractivity contribution in [3.63, 3.8) is 0 Å². The van der Waals surface area contributed by atoms with E-state index >= 15 is 0 Å². The second-order valence-electron chi connectivity index (χ2n) is 5.72. The van der Waals surface area contributed by atoms with Gasteiger partial charge in [-0.1, -0.05) is 26.0 Å². The molecule has 0 aliphatic carbocycles. The Labute approximate surface area is 139 Å². The molecule has 2 rings (SSSR count). The fourth-order valence-corrected chi connectivity index (χ4v) is 2.38. The first-order valence-electron chi connectivity index (χ1n) is 7.63. The van der Waals surface area contributed by atoms with Crippen molar-refractivity contribution in [2.45, 2.75) is 32.2 Å². The van der Waals surface area contributed by atoms with Crippen LogP contribution in [0.5, 0.6) is 0 Å². The van der Waals surface area contributed by atoms with Crippen LogP contribution in [0.2, 0.25) is 0 Å². The third kappa shape index (κ3) is 4.22. The zero-order valence-corrected chi connectivity index (χ0v) is 13.8. The number of furan rings is 1. The third-order valence-electron chi connectivity index (χ3n) is 3.70. The number of hydrogen-bond acceptors (Lipinski definition) is 4. The molecule has 0 fully saturated rings. The van der Waals surface area contributed by atoms with Crippen molar-refractivity contribution in [3.8, 4) is 0 Å². The highest BCUT2D eigenvalue weighted by Crippen LogP contribution is 2.23. The average Bonchev–Trinajstić information content (AvgIpc) is 3.04. The number of nitrogens with one attached hydrogen (secondary N) is 1. The molecule has 1 N–H and O–H groups in total. The largest absolute Gasteiger partial charge is 0.469 e. The SMILES string of the molecule is COC(=O)CC(NC(=O)c1occc1C(C)C)c1ccc(F)cc1. The van der Waals surface area contributed by atoms with Gasteiger partial charge < -0.3 is 14.5 Å². The Kier molecular flexibility index (Phi) is 5.73. The van der Waals surface area contributed by atoms with Crippen molar-refractivity contribution in [1.82, 2.24) is 5.32 Å². The summed E-state index contributed by atoms with van der Waals surface area (Å²) in [6.45, 7) is 3.90. The van der Waals surface area contributed by atoms with Gasteiger partial charge in [-0.05, 0) is 29.7 Å². The molecular formula is C18H20FNO4. The molecule has 2 aromatic rings. The van der Waals surface area contributed by atoms with Crippen LogP contribution in [-0.4, -0.2) is 19.0 Å². The molecule has 0 saturated carbocycles. The van der Waals surface area contributed by atoms with Gasteiger partial charge in [0.2, 0.25) is 0 Å². The summed E-state index contributed by atoms with van der Waals surface area (Å²) in [5.74, 6) is -0.971. The van der Waals surface area contributed by atoms with Crippen LogP contribution in [0.15, 0.2) is 41.0 Å². The topological polar surface area (TPSA) is 68.5 Å². The predicted molar refractivity (Wildman–Crippen MR) is 86.0 cm³/mol. The van der Waals surface area contributed by atoms with E-state index in [2.05, 4.69) is 10.1 Å². The zero-order chi connectivity index (χ0) is 17.7. The Morgan fingerprint density at radius 2 is 1.88 bits per heavy atom. The number of halogens is 1. The van der Waals surface area contributed by atoms with E-state index in [1.54, 1.807) is 6.07 Å². The van der Waals surface area contributed by atoms with Crippen molar-refractivity contribution in [2.75, 3.05) is 7.11 Å². The molecule has 1 aromatic carbocycles. The van der Waals surface area contributed by atoms with E-state index in [0.29, 0.717) is 5.56 Å². The molecule has 0 aliphatic heterocycles. The first kappa shape index (κ1) is 17.7. The lowest BCUT2D eigenvalue weighted by atomic mass is 10.0. The van der Waals surface area contributed by atoms with Crippen molar-refractivity contribution in [3.05, 3.63) is 59.3 Å². The number of amides is 1. The van der Waals surface area contributed by atoms with Crippen molar-refractivity contribution < 1.29 is 23.1 Å². The van der Waals surface area contributed by atoms with E-state index in [1.165, 1.54) is 37.6 Å². The molecule has 0 radical (unpaired) electrons. The smallest absolute Gasteiger partial charge is 0.307 e. The van der Waals surface area contributed by atoms with E-state index in [0.717, 1.165) is 5.56 Å². The van der Waals surface area contributed by atoms with Gasteiger partial charge in [0.25, 0.3) is 5.91 Å². The summed E-state index contributed by atoms with van der Waals surface area (Å²) in [5, 5.41) is 2.76. The third-order valence-corrected chi connectivity index (χ3v) is 3.70. The summed E-state index contributed by atoms with van der Waals surface area (Å²) in [6, 6.07) is 6.70. The van der Waals surface area contributed by atoms with Gasteiger partial charge in [-0.2, -0.15) is 0 Å². The minimum absolute atomic E-state index is 0.0639. The van der Waals surface area contributed by atoms with Gasteiger partial charge in [0.05, 0.1) is 25.8 Å². The maximum absolute atomic E-state index is 13.1. The molecule has 1 amide bonds. The Bertz CT molecular complexity index is 706. The van der Waals surface area contributed by atoms with E-state index < -0.39 is 23.7 Å². The lowest BCUT2D eigenvalue weighted by molar-refractivity contribution is -0.141. The van der Waals surface area contributed by atoms with E-state index in [9.17, 15) is 14.0 Å². The molecule has 0 aliphatic rings. The standard InChI is InChI=1S/C18H20FNO4/c1-11(2)14-8-9-24-17(14)18(22)20-15(10-16(21)23-3)12-4-6-13(19)7-5-12/h4-9,11,15H,10H2,1-3H3,(H,20,22). The minimum Gasteiger partial charge on any atom is -0.469 e. The van der Waals surface area contributed by atoms with E-state index in [-0.39, 0.29) is 18.1 Å². The number of hydrogen-bond donors (Lipinski definition) is 1. The Balaban J connectivity index is 2.24. The molecule has 1 unspecified atom stereocenters. The number of esters is 1. The summed E-state index contributed by atoms with van der Waals surface area (Å²) in [7, 11) is 1.27. The molecule has 128 valence electrons. The van der Waals surface area contributed by atoms with Gasteiger partial charge in [-0.15, -0.1) is 0 Å². The van der Waals surface area contributed by atoms with Crippen LogP contribution in [0.3, 0.4) is 0 Å². The Morgan fingerprint density at radius 1 is 1.21 bits per heavy atom. The number of benzene rings is 1. The van der Waals surface area contributed by atoms with Gasteiger partial charge in [0.15, 0.2) is 5.76 Å². The predicted octanol–water partition coefficient (Wildman–Crippen LogP) is 3.58. The highest BCUT2D eigenvalue weighted by atomic mass is 19.1. The highest BCUT2D eigenvalue weighted by Gasteiger charge is 2.23. The Morgan fingerprint density at radius 3 is 2.46 bits per heavy atom. The molecule has 1 aromatic heterocycles. The van der Waals surface area contributed by atoms with Gasteiger partial charge in [-0.25, -0.2) is 4.39 Å². The molecule has 5 nitrogen and oxygen atoms in total. The zero-order valence-electron chi connectivity index (χ0n) is 13.8. The maximum atomic E-state index is 13.1. The quantitative estimate of drug-likeness (QED) is 0.821. The van der Waals surface area contributed by atoms with Crippen LogP contribution in [0.25, 0.3) is 0 Å². The molecule has 1 heterocycles. The summed E-state index contributed by atoms with van der Waals surface area (Å²) in [4.78, 5) is 24.2. The molecular weight excluding hydrogens is 313 g/mol. The molecule has 6 heteroatoms. The average molecular weight is 333 g/mol. The summed E-state index contributed by atoms with van der Waals surface area (Å²) < 4.78 is 23.1. The summed E-state index contributed by atoms with van der Waals surface area (Å²) in [6.07, 6.45) is 1.39. The highest BCUT2D eigenvalue weighted by molar-refractivity contribution is 5.93. The number of ether oxygens (including phenoxy) is 1. The van der Waals surface area contributed by atoms with Crippen molar-refractivity contribution in [2.24, 2.45) is 0 Å². The normalized spacial score (nSPS) is 12.0. The van der Waals surface area contributed by atoms with Gasteiger partial charge >= 0.3 is 5.97 Å². The molecule has 0 saturated heterocycles. The number of carbonyl (C=O) groups excluding carboxylic acids is 2. The van der Waals surface area contributed by atoms with Crippen LogP contribution in [0, 0.1) is 5.82 Å². The molecule has 0 spiro atoms. The van der Waals surface area contributed by atoms with Crippen LogP contribution in [-0.2, 0) is 9.53 Å². The maximum Gasteiger partial charge on any atom is 0.307 e. The first-order chi connectivity index (χ1) is 11.4. The lowest BCUT2D eigenvalue weighted by Crippen LogP contribution is -2.31. The fraction of sp³-hybridized carbons (Fsp3) is 0.333. The van der Waals surface area contributed by atoms with Gasteiger partial charge in [0.1, 0.15) is 5.82 Å². The van der Waals surface area contributed by atoms with E-state index in [1.807, 2.05) is 13.8 Å². The van der Waals surface area contributed by atoms with Gasteiger partial charge in [0, 0.05) is 5.56 Å². The second kappa shape index (κ2) is 7.77. The van der Waals surface area contributed by atoms with Gasteiger partial charge in [-0.3, -0.25) is 9.59 Å². The number of rotatable bonds is 6. The monoisotopic (exact) mass is 333 g/mol. The molecule has 24 heavy (non-hydrogen) atoms. The Hall–Kier alpha value is -2.63. The van der Waals surface area contributed by atoms with Crippen molar-refractivity contribution >= 4 is 11.9 Å². The summed E-state index contributed by atoms with van der Waals surface area (Å²) >= 11 is 0. The van der Waals surface area contributed by atoms with Crippen LogP contribution < -0.4 is 5.32 Å².